The van der Waals surface area contributed by atoms with Gasteiger partial charge in [0.2, 0.25) is 0 Å². The maximum Gasteiger partial charge on any atom is 0.193 e. The molecule has 0 amide bonds. The lowest BCUT2D eigenvalue weighted by molar-refractivity contribution is 0.102. The second kappa shape index (κ2) is 11.2. The normalized spacial score (nSPS) is 11.0. The van der Waals surface area contributed by atoms with E-state index in [1.807, 2.05) is 116 Å². The van der Waals surface area contributed by atoms with E-state index >= 15 is 0 Å². The van der Waals surface area contributed by atoms with Gasteiger partial charge >= 0.3 is 0 Å². The average Bonchev–Trinajstić information content (AvgIpc) is 3.63. The Hall–Kier alpha value is -5.80. The van der Waals surface area contributed by atoms with Crippen molar-refractivity contribution in [2.75, 3.05) is 0 Å². The van der Waals surface area contributed by atoms with Gasteiger partial charge in [0.25, 0.3) is 0 Å². The molecule has 7 rings (SSSR count). The lowest BCUT2D eigenvalue weighted by atomic mass is 9.84. The van der Waals surface area contributed by atoms with Crippen LogP contribution in [0.15, 0.2) is 164 Å². The van der Waals surface area contributed by atoms with E-state index < -0.39 is 0 Å². The number of aromatic nitrogens is 1. The molecule has 0 spiro atoms. The summed E-state index contributed by atoms with van der Waals surface area (Å²) in [4.78, 5) is 27.7. The van der Waals surface area contributed by atoms with E-state index in [1.54, 1.807) is 12.1 Å². The first-order chi connectivity index (χ1) is 21.2. The lowest BCUT2D eigenvalue weighted by Gasteiger charge is -2.20. The molecule has 3 heteroatoms. The molecule has 0 saturated carbocycles. The summed E-state index contributed by atoms with van der Waals surface area (Å²) >= 11 is 0. The predicted octanol–water partition coefficient (Wildman–Crippen LogP) is 9.43. The predicted molar refractivity (Wildman–Crippen MR) is 174 cm³/mol. The van der Waals surface area contributed by atoms with Crippen molar-refractivity contribution in [2.45, 2.75) is 0 Å². The smallest absolute Gasteiger partial charge is 0.193 e. The van der Waals surface area contributed by atoms with E-state index in [1.165, 1.54) is 0 Å². The van der Waals surface area contributed by atoms with Gasteiger partial charge in [0.05, 0.1) is 5.69 Å². The number of benzene rings is 6. The number of carbonyl (C=O) groups is 2. The highest BCUT2D eigenvalue weighted by atomic mass is 16.1. The maximum atomic E-state index is 14.1. The fourth-order valence-electron chi connectivity index (χ4n) is 5.80. The minimum Gasteiger partial charge on any atom is -0.323 e. The van der Waals surface area contributed by atoms with Crippen LogP contribution in [0.5, 0.6) is 0 Å². The van der Waals surface area contributed by atoms with E-state index in [-0.39, 0.29) is 11.6 Å². The van der Waals surface area contributed by atoms with Crippen molar-refractivity contribution in [3.8, 4) is 27.9 Å². The van der Waals surface area contributed by atoms with Crippen molar-refractivity contribution >= 4 is 22.3 Å². The Labute approximate surface area is 250 Å². The van der Waals surface area contributed by atoms with Crippen molar-refractivity contribution in [1.29, 1.82) is 0 Å². The molecule has 204 valence electrons. The SMILES string of the molecule is O=C(c1ccccc1)c1ccc(C(=O)c2ccccc2)c(-c2ccc3ccccc3c2-c2ccccc2-n2cccc2)c1. The summed E-state index contributed by atoms with van der Waals surface area (Å²) in [5.74, 6) is -0.178. The molecule has 0 radical (unpaired) electrons. The average molecular weight is 554 g/mol. The Kier molecular flexibility index (Phi) is 6.82. The standard InChI is InChI=1S/C40H27NO2/c42-39(29-14-3-1-4-15-29)31-22-24-34(40(43)30-16-5-2-6-17-30)36(27-31)33-23-21-28-13-7-8-18-32(28)38(33)35-19-9-10-20-37(35)41-25-11-12-26-41/h1-27H. The minimum atomic E-state index is -0.0906. The number of carbonyl (C=O) groups excluding carboxylic acids is 2. The van der Waals surface area contributed by atoms with Gasteiger partial charge in [-0.1, -0.05) is 121 Å². The molecular weight excluding hydrogens is 526 g/mol. The first kappa shape index (κ1) is 26.1. The van der Waals surface area contributed by atoms with Gasteiger partial charge < -0.3 is 4.57 Å². The van der Waals surface area contributed by atoms with Crippen LogP contribution in [0.3, 0.4) is 0 Å². The van der Waals surface area contributed by atoms with Gasteiger partial charge in [-0.3, -0.25) is 9.59 Å². The third-order valence-electron chi connectivity index (χ3n) is 7.87. The van der Waals surface area contributed by atoms with Crippen molar-refractivity contribution in [2.24, 2.45) is 0 Å². The Morgan fingerprint density at radius 2 is 1.07 bits per heavy atom. The summed E-state index contributed by atoms with van der Waals surface area (Å²) in [6.45, 7) is 0. The fraction of sp³-hybridized carbons (Fsp3) is 0. The zero-order valence-corrected chi connectivity index (χ0v) is 23.4. The lowest BCUT2D eigenvalue weighted by Crippen LogP contribution is -2.08. The third kappa shape index (κ3) is 4.87. The summed E-state index contributed by atoms with van der Waals surface area (Å²) < 4.78 is 2.10. The molecule has 0 fully saturated rings. The zero-order chi connectivity index (χ0) is 29.2. The topological polar surface area (TPSA) is 39.1 Å². The monoisotopic (exact) mass is 553 g/mol. The molecule has 0 aliphatic rings. The van der Waals surface area contributed by atoms with E-state index in [9.17, 15) is 9.59 Å². The van der Waals surface area contributed by atoms with Gasteiger partial charge in [-0.15, -0.1) is 0 Å². The van der Waals surface area contributed by atoms with Crippen LogP contribution in [0.2, 0.25) is 0 Å². The summed E-state index contributed by atoms with van der Waals surface area (Å²) in [6, 6.07) is 48.8. The highest BCUT2D eigenvalue weighted by molar-refractivity contribution is 6.17. The van der Waals surface area contributed by atoms with Gasteiger partial charge in [-0.2, -0.15) is 0 Å². The maximum absolute atomic E-state index is 14.1. The van der Waals surface area contributed by atoms with Gasteiger partial charge in [0.1, 0.15) is 0 Å². The van der Waals surface area contributed by atoms with Gasteiger partial charge in [-0.05, 0) is 57.8 Å². The van der Waals surface area contributed by atoms with Crippen LogP contribution in [-0.2, 0) is 0 Å². The number of rotatable bonds is 7. The van der Waals surface area contributed by atoms with Gasteiger partial charge in [0.15, 0.2) is 11.6 Å². The molecule has 7 aromatic rings. The van der Waals surface area contributed by atoms with Crippen molar-refractivity contribution in [1.82, 2.24) is 4.57 Å². The fourth-order valence-corrected chi connectivity index (χ4v) is 5.80. The van der Waals surface area contributed by atoms with E-state index in [0.29, 0.717) is 22.3 Å². The van der Waals surface area contributed by atoms with Crippen molar-refractivity contribution < 1.29 is 9.59 Å². The van der Waals surface area contributed by atoms with E-state index in [4.69, 9.17) is 0 Å². The van der Waals surface area contributed by atoms with Crippen LogP contribution < -0.4 is 0 Å². The second-order valence-electron chi connectivity index (χ2n) is 10.5. The number of para-hydroxylation sites is 1. The summed E-state index contributed by atoms with van der Waals surface area (Å²) in [5.41, 5.74) is 6.96. The number of fused-ring (bicyclic) bond motifs is 1. The van der Waals surface area contributed by atoms with Crippen LogP contribution >= 0.6 is 0 Å². The first-order valence-corrected chi connectivity index (χ1v) is 14.3. The van der Waals surface area contributed by atoms with Gasteiger partial charge in [0, 0.05) is 40.2 Å². The molecular formula is C40H27NO2. The zero-order valence-electron chi connectivity index (χ0n) is 23.4. The third-order valence-corrected chi connectivity index (χ3v) is 7.87. The van der Waals surface area contributed by atoms with E-state index in [2.05, 4.69) is 41.0 Å². The van der Waals surface area contributed by atoms with Crippen molar-refractivity contribution in [3.63, 3.8) is 0 Å². The number of nitrogens with zero attached hydrogens (tertiary/aromatic N) is 1. The van der Waals surface area contributed by atoms with Crippen LogP contribution in [0.1, 0.15) is 31.8 Å². The highest BCUT2D eigenvalue weighted by Crippen LogP contribution is 2.42. The molecule has 1 heterocycles. The number of hydrogen-bond acceptors (Lipinski definition) is 2. The van der Waals surface area contributed by atoms with Crippen molar-refractivity contribution in [3.05, 3.63) is 186 Å². The summed E-state index contributed by atoms with van der Waals surface area (Å²) in [6.07, 6.45) is 4.07. The molecule has 1 aromatic heterocycles. The van der Waals surface area contributed by atoms with Crippen LogP contribution in [0.25, 0.3) is 38.7 Å². The van der Waals surface area contributed by atoms with E-state index in [0.717, 1.165) is 38.7 Å². The summed E-state index contributed by atoms with van der Waals surface area (Å²) in [7, 11) is 0. The second-order valence-corrected chi connectivity index (χ2v) is 10.5. The Morgan fingerprint density at radius 1 is 0.442 bits per heavy atom. The van der Waals surface area contributed by atoms with Gasteiger partial charge in [-0.25, -0.2) is 0 Å². The molecule has 0 unspecified atom stereocenters. The highest BCUT2D eigenvalue weighted by Gasteiger charge is 2.22. The summed E-state index contributed by atoms with van der Waals surface area (Å²) in [5, 5.41) is 2.16. The molecule has 43 heavy (non-hydrogen) atoms. The molecule has 0 bridgehead atoms. The molecule has 0 atom stereocenters. The molecule has 0 N–H and O–H groups in total. The van der Waals surface area contributed by atoms with Crippen LogP contribution in [0.4, 0.5) is 0 Å². The minimum absolute atomic E-state index is 0.0874. The largest absolute Gasteiger partial charge is 0.323 e. The molecule has 0 saturated heterocycles. The first-order valence-electron chi connectivity index (χ1n) is 14.3. The Morgan fingerprint density at radius 3 is 1.81 bits per heavy atom. The molecule has 0 aliphatic heterocycles. The Balaban J connectivity index is 1.53. The number of ketones is 2. The van der Waals surface area contributed by atoms with Crippen LogP contribution in [-0.4, -0.2) is 16.1 Å². The number of hydrogen-bond donors (Lipinski definition) is 0. The van der Waals surface area contributed by atoms with Crippen LogP contribution in [0, 0.1) is 0 Å². The molecule has 3 nitrogen and oxygen atoms in total. The molecule has 6 aromatic carbocycles. The molecule has 0 aliphatic carbocycles. The Bertz CT molecular complexity index is 2090. The quantitative estimate of drug-likeness (QED) is 0.184.